The summed E-state index contributed by atoms with van der Waals surface area (Å²) in [4.78, 5) is 4.78. The number of rotatable bonds is 3. The Labute approximate surface area is 127 Å². The van der Waals surface area contributed by atoms with Crippen molar-refractivity contribution < 1.29 is 5.11 Å². The van der Waals surface area contributed by atoms with Crippen LogP contribution in [0.1, 0.15) is 37.5 Å². The topological polar surface area (TPSA) is 52.7 Å². The Morgan fingerprint density at radius 1 is 0.952 bits per heavy atom. The highest BCUT2D eigenvalue weighted by molar-refractivity contribution is 5.17. The molecule has 2 fully saturated rings. The maximum atomic E-state index is 10.5. The summed E-state index contributed by atoms with van der Waals surface area (Å²) >= 11 is 0. The maximum Gasteiger partial charge on any atom is 0.133 e. The molecule has 1 aliphatic carbocycles. The number of hydrogen-bond donors (Lipinski definition) is 2. The van der Waals surface area contributed by atoms with E-state index in [0.29, 0.717) is 12.1 Å². The van der Waals surface area contributed by atoms with Crippen molar-refractivity contribution in [1.29, 1.82) is 0 Å². The first-order valence-corrected chi connectivity index (χ1v) is 8.21. The molecule has 1 aromatic carbocycles. The van der Waals surface area contributed by atoms with E-state index in [1.165, 1.54) is 12.8 Å². The van der Waals surface area contributed by atoms with E-state index in [1.807, 2.05) is 30.3 Å². The zero-order valence-electron chi connectivity index (χ0n) is 12.7. The summed E-state index contributed by atoms with van der Waals surface area (Å²) in [6.45, 7) is 4.00. The van der Waals surface area contributed by atoms with Gasteiger partial charge >= 0.3 is 0 Å². The van der Waals surface area contributed by atoms with E-state index in [2.05, 4.69) is 9.80 Å². The molecular formula is C17H27N3O. The Bertz CT molecular complexity index is 423. The van der Waals surface area contributed by atoms with Crippen LogP contribution in [-0.4, -0.2) is 53.2 Å². The molecule has 2 aliphatic rings. The molecule has 1 atom stereocenters. The second kappa shape index (κ2) is 6.88. The van der Waals surface area contributed by atoms with Crippen LogP contribution in [0.15, 0.2) is 30.3 Å². The van der Waals surface area contributed by atoms with Crippen LogP contribution >= 0.6 is 0 Å². The van der Waals surface area contributed by atoms with Gasteiger partial charge < -0.3 is 10.8 Å². The van der Waals surface area contributed by atoms with Gasteiger partial charge in [0.1, 0.15) is 6.23 Å². The largest absolute Gasteiger partial charge is 0.374 e. The minimum Gasteiger partial charge on any atom is -0.374 e. The smallest absolute Gasteiger partial charge is 0.133 e. The lowest BCUT2D eigenvalue weighted by Gasteiger charge is -2.42. The van der Waals surface area contributed by atoms with E-state index in [0.717, 1.165) is 44.6 Å². The van der Waals surface area contributed by atoms with Crippen LogP contribution in [0.5, 0.6) is 0 Å². The molecule has 1 aliphatic heterocycles. The maximum absolute atomic E-state index is 10.5. The van der Waals surface area contributed by atoms with Crippen molar-refractivity contribution in [2.45, 2.75) is 44.0 Å². The van der Waals surface area contributed by atoms with Crippen LogP contribution in [0.4, 0.5) is 0 Å². The monoisotopic (exact) mass is 289 g/mol. The zero-order valence-corrected chi connectivity index (χ0v) is 12.7. The first kappa shape index (κ1) is 15.0. The van der Waals surface area contributed by atoms with Crippen molar-refractivity contribution in [2.24, 2.45) is 5.73 Å². The third kappa shape index (κ3) is 3.64. The number of piperazine rings is 1. The SMILES string of the molecule is N[C@H]1CC[C@H](N2CCN(C(O)c3ccccc3)CC2)CC1. The minimum absolute atomic E-state index is 0.419. The van der Waals surface area contributed by atoms with E-state index in [-0.39, 0.29) is 0 Å². The number of aliphatic hydroxyl groups excluding tert-OH is 1. The summed E-state index contributed by atoms with van der Waals surface area (Å²) in [5, 5.41) is 10.5. The summed E-state index contributed by atoms with van der Waals surface area (Å²) in [7, 11) is 0. The van der Waals surface area contributed by atoms with E-state index >= 15 is 0 Å². The fourth-order valence-corrected chi connectivity index (χ4v) is 3.65. The molecule has 1 aromatic rings. The first-order chi connectivity index (χ1) is 10.2. The van der Waals surface area contributed by atoms with E-state index in [4.69, 9.17) is 5.73 Å². The summed E-state index contributed by atoms with van der Waals surface area (Å²) in [5.74, 6) is 0. The predicted octanol–water partition coefficient (Wildman–Crippen LogP) is 1.56. The van der Waals surface area contributed by atoms with E-state index < -0.39 is 6.23 Å². The van der Waals surface area contributed by atoms with Crippen LogP contribution in [0, 0.1) is 0 Å². The van der Waals surface area contributed by atoms with Crippen molar-refractivity contribution in [3.63, 3.8) is 0 Å². The average molecular weight is 289 g/mol. The van der Waals surface area contributed by atoms with Gasteiger partial charge in [0, 0.05) is 38.3 Å². The van der Waals surface area contributed by atoms with Gasteiger partial charge in [-0.2, -0.15) is 0 Å². The highest BCUT2D eigenvalue weighted by atomic mass is 16.3. The third-order valence-corrected chi connectivity index (χ3v) is 5.05. The summed E-state index contributed by atoms with van der Waals surface area (Å²) in [6, 6.07) is 11.1. The molecule has 21 heavy (non-hydrogen) atoms. The van der Waals surface area contributed by atoms with E-state index in [9.17, 15) is 5.11 Å². The van der Waals surface area contributed by atoms with Crippen molar-refractivity contribution in [3.05, 3.63) is 35.9 Å². The van der Waals surface area contributed by atoms with Crippen LogP contribution < -0.4 is 5.73 Å². The van der Waals surface area contributed by atoms with Crippen LogP contribution in [0.3, 0.4) is 0 Å². The molecule has 0 amide bonds. The van der Waals surface area contributed by atoms with Gasteiger partial charge in [-0.25, -0.2) is 0 Å². The molecule has 0 radical (unpaired) electrons. The lowest BCUT2D eigenvalue weighted by Crippen LogP contribution is -2.52. The number of benzene rings is 1. The quantitative estimate of drug-likeness (QED) is 0.887. The fraction of sp³-hybridized carbons (Fsp3) is 0.647. The second-order valence-electron chi connectivity index (χ2n) is 6.42. The molecule has 116 valence electrons. The van der Waals surface area contributed by atoms with Gasteiger partial charge in [0.25, 0.3) is 0 Å². The lowest BCUT2D eigenvalue weighted by atomic mass is 9.90. The van der Waals surface area contributed by atoms with Crippen LogP contribution in [0.25, 0.3) is 0 Å². The molecule has 0 bridgehead atoms. The van der Waals surface area contributed by atoms with Crippen LogP contribution in [0.2, 0.25) is 0 Å². The molecule has 1 unspecified atom stereocenters. The molecule has 1 saturated carbocycles. The van der Waals surface area contributed by atoms with Gasteiger partial charge in [0.05, 0.1) is 0 Å². The number of aliphatic hydroxyl groups is 1. The van der Waals surface area contributed by atoms with Gasteiger partial charge in [0.2, 0.25) is 0 Å². The third-order valence-electron chi connectivity index (χ3n) is 5.05. The standard InChI is InChI=1S/C17H27N3O/c18-15-6-8-16(9-7-15)19-10-12-20(13-11-19)17(21)14-4-2-1-3-5-14/h1-5,15-17,21H,6-13,18H2/t15-,16-,17?. The molecule has 0 spiro atoms. The van der Waals surface area contributed by atoms with Gasteiger partial charge in [-0.05, 0) is 31.2 Å². The summed E-state index contributed by atoms with van der Waals surface area (Å²) < 4.78 is 0. The zero-order chi connectivity index (χ0) is 14.7. The first-order valence-electron chi connectivity index (χ1n) is 8.21. The Hall–Kier alpha value is -0.940. The predicted molar refractivity (Wildman–Crippen MR) is 84.8 cm³/mol. The lowest BCUT2D eigenvalue weighted by molar-refractivity contribution is -0.0376. The number of nitrogens with zero attached hydrogens (tertiary/aromatic N) is 2. The highest BCUT2D eigenvalue weighted by Crippen LogP contribution is 2.25. The molecular weight excluding hydrogens is 262 g/mol. The van der Waals surface area contributed by atoms with Gasteiger partial charge in [-0.1, -0.05) is 30.3 Å². The molecule has 4 nitrogen and oxygen atoms in total. The normalized spacial score (nSPS) is 30.2. The number of hydrogen-bond acceptors (Lipinski definition) is 4. The van der Waals surface area contributed by atoms with Crippen LogP contribution in [-0.2, 0) is 0 Å². The summed E-state index contributed by atoms with van der Waals surface area (Å²) in [5.41, 5.74) is 6.99. The molecule has 3 N–H and O–H groups in total. The highest BCUT2D eigenvalue weighted by Gasteiger charge is 2.29. The molecule has 1 saturated heterocycles. The van der Waals surface area contributed by atoms with Crippen molar-refractivity contribution >= 4 is 0 Å². The average Bonchev–Trinajstić information content (AvgIpc) is 2.56. The molecule has 3 rings (SSSR count). The van der Waals surface area contributed by atoms with Crippen molar-refractivity contribution in [2.75, 3.05) is 26.2 Å². The van der Waals surface area contributed by atoms with E-state index in [1.54, 1.807) is 0 Å². The Morgan fingerprint density at radius 3 is 2.19 bits per heavy atom. The molecule has 4 heteroatoms. The molecule has 1 heterocycles. The van der Waals surface area contributed by atoms with Gasteiger partial charge in [-0.3, -0.25) is 9.80 Å². The second-order valence-corrected chi connectivity index (χ2v) is 6.42. The van der Waals surface area contributed by atoms with Crippen molar-refractivity contribution in [3.8, 4) is 0 Å². The Balaban J connectivity index is 1.51. The Kier molecular flexibility index (Phi) is 4.91. The van der Waals surface area contributed by atoms with Gasteiger partial charge in [0.15, 0.2) is 0 Å². The fourth-order valence-electron chi connectivity index (χ4n) is 3.65. The minimum atomic E-state index is -0.465. The van der Waals surface area contributed by atoms with Gasteiger partial charge in [-0.15, -0.1) is 0 Å². The summed E-state index contributed by atoms with van der Waals surface area (Å²) in [6.07, 6.45) is 4.34. The molecule has 0 aromatic heterocycles. The Morgan fingerprint density at radius 2 is 1.57 bits per heavy atom. The number of nitrogens with two attached hydrogens (primary N) is 1. The van der Waals surface area contributed by atoms with Crippen molar-refractivity contribution in [1.82, 2.24) is 9.80 Å².